The molecule has 0 saturated carbocycles. The van der Waals surface area contributed by atoms with Gasteiger partial charge in [0.05, 0.1) is 12.8 Å². The average Bonchev–Trinajstić information content (AvgIpc) is 2.16. The molecule has 0 aromatic carbocycles. The molecule has 0 aliphatic rings. The fourth-order valence-electron chi connectivity index (χ4n) is 1.19. The van der Waals surface area contributed by atoms with Crippen molar-refractivity contribution >= 4 is 6.09 Å². The molecule has 5 nitrogen and oxygen atoms in total. The number of ether oxygens (including phenoxy) is 1. The minimum absolute atomic E-state index is 0.0954. The summed E-state index contributed by atoms with van der Waals surface area (Å²) in [5.74, 6) is -1.75. The average molecular weight is 232 g/mol. The summed E-state index contributed by atoms with van der Waals surface area (Å²) in [4.78, 5) is 13.9. The molecule has 7 heteroatoms. The van der Waals surface area contributed by atoms with Crippen molar-refractivity contribution in [3.63, 3.8) is 0 Å². The Hall–Kier alpha value is -1.76. The Balaban J connectivity index is 2.95. The van der Waals surface area contributed by atoms with E-state index in [0.717, 1.165) is 6.20 Å². The van der Waals surface area contributed by atoms with Crippen LogP contribution in [0.2, 0.25) is 0 Å². The van der Waals surface area contributed by atoms with Crippen molar-refractivity contribution in [2.24, 2.45) is 0 Å². The van der Waals surface area contributed by atoms with Crippen molar-refractivity contribution in [2.45, 2.75) is 6.04 Å². The highest BCUT2D eigenvalue weighted by Gasteiger charge is 2.19. The van der Waals surface area contributed by atoms with Crippen molar-refractivity contribution in [3.05, 3.63) is 29.6 Å². The number of aromatic nitrogens is 1. The Morgan fingerprint density at radius 2 is 2.38 bits per heavy atom. The highest BCUT2D eigenvalue weighted by molar-refractivity contribution is 5.65. The van der Waals surface area contributed by atoms with Gasteiger partial charge in [-0.2, -0.15) is 0 Å². The zero-order valence-electron chi connectivity index (χ0n) is 8.41. The first kappa shape index (κ1) is 12.3. The number of amides is 1. The molecule has 1 amide bonds. The Bertz CT molecular complexity index is 387. The predicted octanol–water partition coefficient (Wildman–Crippen LogP) is 1.31. The summed E-state index contributed by atoms with van der Waals surface area (Å²) in [7, 11) is 1.33. The van der Waals surface area contributed by atoms with E-state index in [9.17, 15) is 13.6 Å². The van der Waals surface area contributed by atoms with E-state index in [1.807, 2.05) is 5.32 Å². The van der Waals surface area contributed by atoms with Crippen LogP contribution in [-0.4, -0.2) is 29.9 Å². The van der Waals surface area contributed by atoms with Gasteiger partial charge in [-0.1, -0.05) is 0 Å². The molecule has 88 valence electrons. The lowest BCUT2D eigenvalue weighted by atomic mass is 10.2. The van der Waals surface area contributed by atoms with E-state index in [0.29, 0.717) is 6.07 Å². The van der Waals surface area contributed by atoms with Crippen LogP contribution in [-0.2, 0) is 4.74 Å². The van der Waals surface area contributed by atoms with Crippen molar-refractivity contribution in [2.75, 3.05) is 13.7 Å². The van der Waals surface area contributed by atoms with Crippen LogP contribution in [0.15, 0.2) is 12.3 Å². The number of pyridine rings is 1. The summed E-state index contributed by atoms with van der Waals surface area (Å²) < 4.78 is 30.6. The van der Waals surface area contributed by atoms with Gasteiger partial charge in [0, 0.05) is 13.2 Å². The van der Waals surface area contributed by atoms with Crippen LogP contribution in [0.4, 0.5) is 13.6 Å². The van der Waals surface area contributed by atoms with E-state index in [4.69, 9.17) is 9.84 Å². The molecule has 1 heterocycles. The molecular formula is C9H10F2N2O3. The third-order valence-corrected chi connectivity index (χ3v) is 1.80. The van der Waals surface area contributed by atoms with Gasteiger partial charge in [0.1, 0.15) is 23.4 Å². The molecule has 0 aliphatic heterocycles. The summed E-state index contributed by atoms with van der Waals surface area (Å²) in [5.41, 5.74) is -0.203. The zero-order chi connectivity index (χ0) is 12.1. The lowest BCUT2D eigenvalue weighted by molar-refractivity contribution is 0.149. The van der Waals surface area contributed by atoms with Gasteiger partial charge in [0.15, 0.2) is 0 Å². The summed E-state index contributed by atoms with van der Waals surface area (Å²) in [6.07, 6.45) is -0.530. The smallest absolute Gasteiger partial charge is 0.405 e. The lowest BCUT2D eigenvalue weighted by Gasteiger charge is -2.15. The molecule has 1 atom stereocenters. The van der Waals surface area contributed by atoms with Crippen molar-refractivity contribution < 1.29 is 23.4 Å². The van der Waals surface area contributed by atoms with E-state index in [-0.39, 0.29) is 12.3 Å². The van der Waals surface area contributed by atoms with E-state index >= 15 is 0 Å². The molecule has 0 fully saturated rings. The second-order valence-corrected chi connectivity index (χ2v) is 2.98. The second kappa shape index (κ2) is 5.36. The molecule has 1 aromatic rings. The number of hydrogen-bond acceptors (Lipinski definition) is 3. The minimum Gasteiger partial charge on any atom is -0.465 e. The number of nitrogens with zero attached hydrogens (tertiary/aromatic N) is 1. The van der Waals surface area contributed by atoms with E-state index < -0.39 is 23.8 Å². The predicted molar refractivity (Wildman–Crippen MR) is 49.9 cm³/mol. The summed E-state index contributed by atoms with van der Waals surface area (Å²) >= 11 is 0. The largest absolute Gasteiger partial charge is 0.465 e. The number of methoxy groups -OCH3 is 1. The molecule has 16 heavy (non-hydrogen) atoms. The third-order valence-electron chi connectivity index (χ3n) is 1.80. The summed E-state index contributed by atoms with van der Waals surface area (Å²) in [6, 6.07) is -0.336. The molecule has 1 rings (SSSR count). The molecule has 2 N–H and O–H groups in total. The SMILES string of the molecule is COCC(NC(=O)O)c1ncc(F)cc1F. The Morgan fingerprint density at radius 1 is 1.69 bits per heavy atom. The Morgan fingerprint density at radius 3 is 2.88 bits per heavy atom. The van der Waals surface area contributed by atoms with E-state index in [2.05, 4.69) is 4.98 Å². The normalized spacial score (nSPS) is 12.2. The van der Waals surface area contributed by atoms with Gasteiger partial charge in [-0.15, -0.1) is 0 Å². The van der Waals surface area contributed by atoms with Crippen LogP contribution in [0.25, 0.3) is 0 Å². The Kier molecular flexibility index (Phi) is 4.12. The fourth-order valence-corrected chi connectivity index (χ4v) is 1.19. The molecule has 0 bridgehead atoms. The van der Waals surface area contributed by atoms with Gasteiger partial charge < -0.3 is 15.2 Å². The van der Waals surface area contributed by atoms with Gasteiger partial charge in [0.2, 0.25) is 0 Å². The highest BCUT2D eigenvalue weighted by atomic mass is 19.1. The highest BCUT2D eigenvalue weighted by Crippen LogP contribution is 2.15. The standard InChI is InChI=1S/C9H10F2N2O3/c1-16-4-7(13-9(14)15)8-6(11)2-5(10)3-12-8/h2-3,7,13H,4H2,1H3,(H,14,15). The van der Waals surface area contributed by atoms with E-state index in [1.54, 1.807) is 0 Å². The number of halogens is 2. The molecule has 0 aliphatic carbocycles. The van der Waals surface area contributed by atoms with Crippen LogP contribution in [0.3, 0.4) is 0 Å². The number of carboxylic acid groups (broad SMARTS) is 1. The Labute approximate surface area is 90.1 Å². The monoisotopic (exact) mass is 232 g/mol. The maximum atomic E-state index is 13.3. The molecule has 1 aromatic heterocycles. The quantitative estimate of drug-likeness (QED) is 0.821. The van der Waals surface area contributed by atoms with Crippen molar-refractivity contribution in [1.29, 1.82) is 0 Å². The van der Waals surface area contributed by atoms with Crippen LogP contribution in [0, 0.1) is 11.6 Å². The van der Waals surface area contributed by atoms with Crippen LogP contribution in [0.1, 0.15) is 11.7 Å². The maximum Gasteiger partial charge on any atom is 0.405 e. The summed E-state index contributed by atoms with van der Waals surface area (Å²) in [6.45, 7) is -0.0954. The summed E-state index contributed by atoms with van der Waals surface area (Å²) in [5, 5.41) is 10.6. The maximum absolute atomic E-state index is 13.3. The third kappa shape index (κ3) is 3.13. The molecule has 0 radical (unpaired) electrons. The van der Waals surface area contributed by atoms with Crippen LogP contribution >= 0.6 is 0 Å². The van der Waals surface area contributed by atoms with E-state index in [1.165, 1.54) is 7.11 Å². The fraction of sp³-hybridized carbons (Fsp3) is 0.333. The minimum atomic E-state index is -1.34. The zero-order valence-corrected chi connectivity index (χ0v) is 8.41. The van der Waals surface area contributed by atoms with Gasteiger partial charge in [-0.25, -0.2) is 13.6 Å². The lowest BCUT2D eigenvalue weighted by Crippen LogP contribution is -2.31. The van der Waals surface area contributed by atoms with Crippen molar-refractivity contribution in [1.82, 2.24) is 10.3 Å². The van der Waals surface area contributed by atoms with Gasteiger partial charge in [0.25, 0.3) is 0 Å². The molecule has 0 saturated heterocycles. The second-order valence-electron chi connectivity index (χ2n) is 2.98. The molecule has 0 spiro atoms. The first-order chi connectivity index (χ1) is 7.54. The number of carbonyl (C=O) groups is 1. The topological polar surface area (TPSA) is 71.5 Å². The molecular weight excluding hydrogens is 222 g/mol. The molecule has 1 unspecified atom stereocenters. The first-order valence-corrected chi connectivity index (χ1v) is 4.34. The van der Waals surface area contributed by atoms with Crippen LogP contribution in [0.5, 0.6) is 0 Å². The van der Waals surface area contributed by atoms with Gasteiger partial charge in [-0.05, 0) is 0 Å². The first-order valence-electron chi connectivity index (χ1n) is 4.34. The van der Waals surface area contributed by atoms with Gasteiger partial charge in [-0.3, -0.25) is 4.98 Å². The van der Waals surface area contributed by atoms with Crippen molar-refractivity contribution in [3.8, 4) is 0 Å². The number of hydrogen-bond donors (Lipinski definition) is 2. The van der Waals surface area contributed by atoms with Crippen LogP contribution < -0.4 is 5.32 Å². The number of rotatable bonds is 4. The number of nitrogens with one attached hydrogen (secondary N) is 1. The van der Waals surface area contributed by atoms with Gasteiger partial charge >= 0.3 is 6.09 Å².